The van der Waals surface area contributed by atoms with E-state index >= 15 is 0 Å². The Labute approximate surface area is 71.7 Å². The zero-order valence-electron chi connectivity index (χ0n) is 7.13. The Hall–Kier alpha value is -1.34. The molecule has 12 heavy (non-hydrogen) atoms. The summed E-state index contributed by atoms with van der Waals surface area (Å²) in [5.74, 6) is 0.808. The lowest BCUT2D eigenvalue weighted by atomic mass is 10.3. The van der Waals surface area contributed by atoms with E-state index in [2.05, 4.69) is 6.58 Å². The van der Waals surface area contributed by atoms with Gasteiger partial charge in [0.15, 0.2) is 0 Å². The molecule has 0 saturated carbocycles. The Morgan fingerprint density at radius 1 is 1.67 bits per heavy atom. The van der Waals surface area contributed by atoms with Crippen LogP contribution in [-0.4, -0.2) is 18.5 Å². The fraction of sp³-hybridized carbons (Fsp3) is 0.444. The monoisotopic (exact) mass is 168 g/mol. The van der Waals surface area contributed by atoms with Gasteiger partial charge in [0.1, 0.15) is 11.5 Å². The molecule has 0 aliphatic rings. The third-order valence-corrected chi connectivity index (χ3v) is 1.27. The number of esters is 1. The van der Waals surface area contributed by atoms with Crippen LogP contribution in [0.4, 0.5) is 0 Å². The van der Waals surface area contributed by atoms with Crippen LogP contribution in [-0.2, 0) is 14.3 Å². The van der Waals surface area contributed by atoms with Crippen molar-refractivity contribution in [2.24, 2.45) is 0 Å². The minimum Gasteiger partial charge on any atom is -0.462 e. The Bertz CT molecular complexity index is 212. The maximum absolute atomic E-state index is 10.9. The number of unbranched alkanes of at least 4 members (excludes halogenated alkanes) is 1. The van der Waals surface area contributed by atoms with Gasteiger partial charge in [0, 0.05) is 0 Å². The number of ether oxygens (including phenoxy) is 1. The Morgan fingerprint density at radius 3 is 2.75 bits per heavy atom. The highest BCUT2D eigenvalue weighted by molar-refractivity contribution is 5.99. The Balaban J connectivity index is 3.87. The molecule has 0 saturated heterocycles. The number of carbonyl (C=O) groups excluding carboxylic acids is 2. The number of carbonyl (C=O) groups is 1. The minimum atomic E-state index is -0.645. The van der Waals surface area contributed by atoms with Crippen molar-refractivity contribution >= 4 is 11.9 Å². The summed E-state index contributed by atoms with van der Waals surface area (Å²) in [6.07, 6.45) is 2.89. The molecule has 0 aliphatic carbocycles. The molecule has 0 atom stereocenters. The molecule has 0 bridgehead atoms. The van der Waals surface area contributed by atoms with Gasteiger partial charge in [0.05, 0.1) is 6.61 Å². The van der Waals surface area contributed by atoms with Crippen molar-refractivity contribution in [3.8, 4) is 0 Å². The average Bonchev–Trinajstić information content (AvgIpc) is 2.07. The van der Waals surface area contributed by atoms with E-state index < -0.39 is 5.97 Å². The van der Waals surface area contributed by atoms with Gasteiger partial charge in [0.2, 0.25) is 0 Å². The molecule has 0 N–H and O–H groups in total. The van der Waals surface area contributed by atoms with E-state index in [4.69, 9.17) is 4.74 Å². The molecule has 0 aliphatic heterocycles. The van der Waals surface area contributed by atoms with Crippen LogP contribution in [0.3, 0.4) is 0 Å². The molecule has 0 heterocycles. The molecular formula is C9H12O3. The van der Waals surface area contributed by atoms with E-state index in [0.717, 1.165) is 18.9 Å². The van der Waals surface area contributed by atoms with Crippen LogP contribution in [0.2, 0.25) is 0 Å². The maximum Gasteiger partial charge on any atom is 0.349 e. The fourth-order valence-electron chi connectivity index (χ4n) is 0.554. The predicted octanol–water partition coefficient (Wildman–Crippen LogP) is 1.27. The van der Waals surface area contributed by atoms with Gasteiger partial charge in [-0.25, -0.2) is 9.59 Å². The van der Waals surface area contributed by atoms with Gasteiger partial charge in [-0.2, -0.15) is 0 Å². The zero-order valence-corrected chi connectivity index (χ0v) is 7.13. The summed E-state index contributed by atoms with van der Waals surface area (Å²) in [6.45, 7) is 5.61. The summed E-state index contributed by atoms with van der Waals surface area (Å²) in [7, 11) is 0. The minimum absolute atomic E-state index is 0.147. The first-order chi connectivity index (χ1) is 5.76. The maximum atomic E-state index is 10.9. The normalized spacial score (nSPS) is 8.42. The Kier molecular flexibility index (Phi) is 5.66. The van der Waals surface area contributed by atoms with Crippen LogP contribution in [0.1, 0.15) is 19.8 Å². The summed E-state index contributed by atoms with van der Waals surface area (Å²) in [6, 6.07) is 0. The summed E-state index contributed by atoms with van der Waals surface area (Å²) >= 11 is 0. The highest BCUT2D eigenvalue weighted by Crippen LogP contribution is 1.96. The molecule has 0 aromatic carbocycles. The van der Waals surface area contributed by atoms with Crippen molar-refractivity contribution in [1.82, 2.24) is 0 Å². The van der Waals surface area contributed by atoms with Gasteiger partial charge in [-0.3, -0.25) is 0 Å². The SMILES string of the molecule is C=CC(=C=O)C(=O)OCCCC. The number of hydrogen-bond donors (Lipinski definition) is 0. The van der Waals surface area contributed by atoms with Crippen molar-refractivity contribution in [2.45, 2.75) is 19.8 Å². The molecule has 0 aromatic heterocycles. The Morgan fingerprint density at radius 2 is 2.33 bits per heavy atom. The molecule has 0 amide bonds. The standard InChI is InChI=1S/C9H12O3/c1-3-5-6-12-9(11)8(4-2)7-10/h4H,2-3,5-6H2,1H3. The van der Waals surface area contributed by atoms with Crippen LogP contribution in [0, 0.1) is 0 Å². The van der Waals surface area contributed by atoms with Crippen molar-refractivity contribution in [3.63, 3.8) is 0 Å². The second kappa shape index (κ2) is 6.38. The molecule has 0 aromatic rings. The highest BCUT2D eigenvalue weighted by Gasteiger charge is 2.06. The van der Waals surface area contributed by atoms with Gasteiger partial charge in [-0.05, 0) is 12.5 Å². The number of rotatable bonds is 5. The van der Waals surface area contributed by atoms with Crippen LogP contribution in [0.15, 0.2) is 18.2 Å². The zero-order chi connectivity index (χ0) is 9.40. The summed E-state index contributed by atoms with van der Waals surface area (Å²) in [5.41, 5.74) is -0.147. The van der Waals surface area contributed by atoms with Crippen molar-refractivity contribution < 1.29 is 14.3 Å². The average molecular weight is 168 g/mol. The van der Waals surface area contributed by atoms with Crippen LogP contribution >= 0.6 is 0 Å². The predicted molar refractivity (Wildman–Crippen MR) is 45.3 cm³/mol. The molecule has 0 radical (unpaired) electrons. The van der Waals surface area contributed by atoms with Gasteiger partial charge in [-0.15, -0.1) is 0 Å². The third-order valence-electron chi connectivity index (χ3n) is 1.27. The second-order valence-electron chi connectivity index (χ2n) is 2.21. The van der Waals surface area contributed by atoms with Gasteiger partial charge < -0.3 is 4.74 Å². The van der Waals surface area contributed by atoms with E-state index in [0.29, 0.717) is 6.61 Å². The van der Waals surface area contributed by atoms with E-state index in [1.165, 1.54) is 5.94 Å². The van der Waals surface area contributed by atoms with Gasteiger partial charge in [0.25, 0.3) is 0 Å². The molecule has 3 heteroatoms. The molecule has 3 nitrogen and oxygen atoms in total. The topological polar surface area (TPSA) is 43.4 Å². The van der Waals surface area contributed by atoms with Crippen LogP contribution in [0.5, 0.6) is 0 Å². The smallest absolute Gasteiger partial charge is 0.349 e. The molecule has 0 spiro atoms. The highest BCUT2D eigenvalue weighted by atomic mass is 16.5. The molecular weight excluding hydrogens is 156 g/mol. The quantitative estimate of drug-likeness (QED) is 0.204. The van der Waals surface area contributed by atoms with Crippen molar-refractivity contribution in [2.75, 3.05) is 6.61 Å². The largest absolute Gasteiger partial charge is 0.462 e. The molecule has 0 fully saturated rings. The first-order valence-electron chi connectivity index (χ1n) is 3.81. The fourth-order valence-corrected chi connectivity index (χ4v) is 0.554. The van der Waals surface area contributed by atoms with Crippen LogP contribution < -0.4 is 0 Å². The van der Waals surface area contributed by atoms with E-state index in [1.807, 2.05) is 6.92 Å². The molecule has 0 unspecified atom stereocenters. The van der Waals surface area contributed by atoms with E-state index in [-0.39, 0.29) is 5.57 Å². The van der Waals surface area contributed by atoms with E-state index in [9.17, 15) is 9.59 Å². The van der Waals surface area contributed by atoms with Crippen LogP contribution in [0.25, 0.3) is 0 Å². The third kappa shape index (κ3) is 3.74. The van der Waals surface area contributed by atoms with Crippen molar-refractivity contribution in [1.29, 1.82) is 0 Å². The number of hydrogen-bond acceptors (Lipinski definition) is 3. The van der Waals surface area contributed by atoms with Crippen molar-refractivity contribution in [3.05, 3.63) is 18.2 Å². The van der Waals surface area contributed by atoms with Gasteiger partial charge >= 0.3 is 5.97 Å². The summed E-state index contributed by atoms with van der Waals surface area (Å²) in [5, 5.41) is 0. The lowest BCUT2D eigenvalue weighted by molar-refractivity contribution is -0.138. The first-order valence-corrected chi connectivity index (χ1v) is 3.81. The molecule has 66 valence electrons. The molecule has 0 rings (SSSR count). The first kappa shape index (κ1) is 10.7. The second-order valence-corrected chi connectivity index (χ2v) is 2.21. The lowest BCUT2D eigenvalue weighted by Gasteiger charge is -2.00. The summed E-state index contributed by atoms with van der Waals surface area (Å²) < 4.78 is 4.72. The lowest BCUT2D eigenvalue weighted by Crippen LogP contribution is -2.07. The van der Waals surface area contributed by atoms with Gasteiger partial charge in [-0.1, -0.05) is 19.9 Å². The summed E-state index contributed by atoms with van der Waals surface area (Å²) in [4.78, 5) is 21.0. The van der Waals surface area contributed by atoms with E-state index in [1.54, 1.807) is 0 Å².